The fourth-order valence-corrected chi connectivity index (χ4v) is 3.98. The van der Waals surface area contributed by atoms with Gasteiger partial charge >= 0.3 is 0 Å². The second-order valence-electron chi connectivity index (χ2n) is 7.21. The summed E-state index contributed by atoms with van der Waals surface area (Å²) in [4.78, 5) is 12.2. The van der Waals surface area contributed by atoms with Gasteiger partial charge in [-0.1, -0.05) is 38.8 Å². The summed E-state index contributed by atoms with van der Waals surface area (Å²) in [7, 11) is -3.59. The van der Waals surface area contributed by atoms with Crippen LogP contribution in [0.1, 0.15) is 57.6 Å². The standard InChI is InChI=1S/C19H32N2O3S/c1-14(2)7-6-8-17(5)21-19(22)11-12-20-25(23,24)18-13-15(3)9-10-16(18)4/h9-10,13-14,17,20H,6-8,11-12H2,1-5H3,(H,21,22)/t17-/m1/s1. The van der Waals surface area contributed by atoms with Crippen LogP contribution in [0.5, 0.6) is 0 Å². The largest absolute Gasteiger partial charge is 0.354 e. The third-order valence-electron chi connectivity index (χ3n) is 4.10. The van der Waals surface area contributed by atoms with Gasteiger partial charge in [-0.25, -0.2) is 13.1 Å². The Balaban J connectivity index is 2.43. The van der Waals surface area contributed by atoms with Crippen LogP contribution in [-0.4, -0.2) is 26.9 Å². The Hall–Kier alpha value is -1.40. The number of nitrogens with one attached hydrogen (secondary N) is 2. The normalized spacial score (nSPS) is 13.0. The molecule has 6 heteroatoms. The predicted octanol–water partition coefficient (Wildman–Crippen LogP) is 3.30. The van der Waals surface area contributed by atoms with Gasteiger partial charge in [0.1, 0.15) is 0 Å². The zero-order valence-corrected chi connectivity index (χ0v) is 16.9. The molecule has 0 fully saturated rings. The average molecular weight is 369 g/mol. The molecule has 0 aliphatic heterocycles. The number of carbonyl (C=O) groups is 1. The van der Waals surface area contributed by atoms with Gasteiger partial charge in [0, 0.05) is 19.0 Å². The van der Waals surface area contributed by atoms with Crippen molar-refractivity contribution in [3.63, 3.8) is 0 Å². The van der Waals surface area contributed by atoms with Gasteiger partial charge in [-0.3, -0.25) is 4.79 Å². The summed E-state index contributed by atoms with van der Waals surface area (Å²) in [5.74, 6) is 0.545. The molecule has 1 atom stereocenters. The van der Waals surface area contributed by atoms with Crippen LogP contribution in [0.25, 0.3) is 0 Å². The first-order chi connectivity index (χ1) is 11.6. The topological polar surface area (TPSA) is 75.3 Å². The van der Waals surface area contributed by atoms with Crippen LogP contribution in [0.2, 0.25) is 0 Å². The molecular formula is C19H32N2O3S. The SMILES string of the molecule is Cc1ccc(C)c(S(=O)(=O)NCCC(=O)N[C@H](C)CCCC(C)C)c1. The van der Waals surface area contributed by atoms with E-state index in [2.05, 4.69) is 23.9 Å². The molecule has 0 saturated carbocycles. The molecule has 0 radical (unpaired) electrons. The molecule has 0 saturated heterocycles. The van der Waals surface area contributed by atoms with E-state index in [1.165, 1.54) is 0 Å². The molecule has 0 spiro atoms. The third-order valence-corrected chi connectivity index (χ3v) is 5.71. The lowest BCUT2D eigenvalue weighted by molar-refractivity contribution is -0.121. The summed E-state index contributed by atoms with van der Waals surface area (Å²) in [5.41, 5.74) is 1.58. The Kier molecular flexibility index (Phi) is 8.59. The van der Waals surface area contributed by atoms with Gasteiger partial charge < -0.3 is 5.32 Å². The fraction of sp³-hybridized carbons (Fsp3) is 0.632. The van der Waals surface area contributed by atoms with Crippen molar-refractivity contribution in [2.45, 2.75) is 71.2 Å². The van der Waals surface area contributed by atoms with Gasteiger partial charge in [-0.15, -0.1) is 0 Å². The maximum absolute atomic E-state index is 12.4. The number of amides is 1. The van der Waals surface area contributed by atoms with Gasteiger partial charge in [0.2, 0.25) is 15.9 Å². The molecule has 5 nitrogen and oxygen atoms in total. The lowest BCUT2D eigenvalue weighted by Crippen LogP contribution is -2.35. The number of benzene rings is 1. The number of aryl methyl sites for hydroxylation is 2. The highest BCUT2D eigenvalue weighted by molar-refractivity contribution is 7.89. The molecule has 1 aromatic carbocycles. The predicted molar refractivity (Wildman–Crippen MR) is 102 cm³/mol. The Labute approximate surface area is 152 Å². The molecule has 0 aromatic heterocycles. The maximum Gasteiger partial charge on any atom is 0.240 e. The maximum atomic E-state index is 12.4. The molecule has 0 bridgehead atoms. The first-order valence-electron chi connectivity index (χ1n) is 8.98. The second kappa shape index (κ2) is 9.92. The summed E-state index contributed by atoms with van der Waals surface area (Å²) in [5, 5.41) is 2.93. The first-order valence-corrected chi connectivity index (χ1v) is 10.5. The van der Waals surface area contributed by atoms with E-state index in [0.29, 0.717) is 11.5 Å². The van der Waals surface area contributed by atoms with E-state index in [-0.39, 0.29) is 29.8 Å². The molecule has 0 unspecified atom stereocenters. The second-order valence-corrected chi connectivity index (χ2v) is 8.95. The van der Waals surface area contributed by atoms with Crippen LogP contribution >= 0.6 is 0 Å². The van der Waals surface area contributed by atoms with Gasteiger partial charge in [-0.2, -0.15) is 0 Å². The van der Waals surface area contributed by atoms with Crippen LogP contribution in [0.3, 0.4) is 0 Å². The molecule has 142 valence electrons. The number of hydrogen-bond acceptors (Lipinski definition) is 3. The monoisotopic (exact) mass is 368 g/mol. The van der Waals surface area contributed by atoms with Crippen LogP contribution in [0.15, 0.2) is 23.1 Å². The molecule has 1 amide bonds. The van der Waals surface area contributed by atoms with Crippen LogP contribution < -0.4 is 10.0 Å². The van der Waals surface area contributed by atoms with Crippen LogP contribution in [0.4, 0.5) is 0 Å². The van der Waals surface area contributed by atoms with E-state index < -0.39 is 10.0 Å². The van der Waals surface area contributed by atoms with E-state index in [1.807, 2.05) is 19.9 Å². The van der Waals surface area contributed by atoms with E-state index >= 15 is 0 Å². The van der Waals surface area contributed by atoms with Crippen molar-refractivity contribution in [3.05, 3.63) is 29.3 Å². The smallest absolute Gasteiger partial charge is 0.240 e. The van der Waals surface area contributed by atoms with E-state index in [9.17, 15) is 13.2 Å². The van der Waals surface area contributed by atoms with E-state index in [0.717, 1.165) is 24.8 Å². The molecule has 0 aliphatic rings. The Bertz CT molecular complexity index is 669. The molecule has 0 aliphatic carbocycles. The van der Waals surface area contributed by atoms with Crippen molar-refractivity contribution in [3.8, 4) is 0 Å². The lowest BCUT2D eigenvalue weighted by Gasteiger charge is -2.15. The highest BCUT2D eigenvalue weighted by Crippen LogP contribution is 2.16. The summed E-state index contributed by atoms with van der Waals surface area (Å²) in [6, 6.07) is 5.42. The molecule has 0 heterocycles. The van der Waals surface area contributed by atoms with Gasteiger partial charge in [-0.05, 0) is 50.3 Å². The van der Waals surface area contributed by atoms with Crippen LogP contribution in [0, 0.1) is 19.8 Å². The molecule has 1 rings (SSSR count). The summed E-state index contributed by atoms with van der Waals surface area (Å²) < 4.78 is 27.3. The lowest BCUT2D eigenvalue weighted by atomic mass is 10.0. The quantitative estimate of drug-likeness (QED) is 0.665. The van der Waals surface area contributed by atoms with Crippen molar-refractivity contribution in [1.29, 1.82) is 0 Å². The summed E-state index contributed by atoms with van der Waals surface area (Å²) in [6.45, 7) is 10.1. The molecule has 1 aromatic rings. The minimum Gasteiger partial charge on any atom is -0.354 e. The first kappa shape index (κ1) is 21.6. The number of sulfonamides is 1. The van der Waals surface area contributed by atoms with Gasteiger partial charge in [0.25, 0.3) is 0 Å². The number of rotatable bonds is 10. The zero-order chi connectivity index (χ0) is 19.0. The van der Waals surface area contributed by atoms with Crippen molar-refractivity contribution < 1.29 is 13.2 Å². The van der Waals surface area contributed by atoms with Crippen molar-refractivity contribution in [1.82, 2.24) is 10.0 Å². The van der Waals surface area contributed by atoms with Crippen molar-refractivity contribution >= 4 is 15.9 Å². The zero-order valence-electron chi connectivity index (χ0n) is 16.1. The molecule has 25 heavy (non-hydrogen) atoms. The number of hydrogen-bond donors (Lipinski definition) is 2. The van der Waals surface area contributed by atoms with Gasteiger partial charge in [0.05, 0.1) is 4.90 Å². The molecular weight excluding hydrogens is 336 g/mol. The van der Waals surface area contributed by atoms with Crippen LogP contribution in [-0.2, 0) is 14.8 Å². The van der Waals surface area contributed by atoms with Gasteiger partial charge in [0.15, 0.2) is 0 Å². The Morgan fingerprint density at radius 2 is 1.80 bits per heavy atom. The average Bonchev–Trinajstić information content (AvgIpc) is 2.48. The van der Waals surface area contributed by atoms with Crippen molar-refractivity contribution in [2.24, 2.45) is 5.92 Å². The van der Waals surface area contributed by atoms with Crippen molar-refractivity contribution in [2.75, 3.05) is 6.54 Å². The minimum atomic E-state index is -3.59. The Morgan fingerprint density at radius 3 is 2.44 bits per heavy atom. The van der Waals surface area contributed by atoms with E-state index in [4.69, 9.17) is 0 Å². The summed E-state index contributed by atoms with van der Waals surface area (Å²) >= 11 is 0. The number of carbonyl (C=O) groups excluding carboxylic acids is 1. The highest BCUT2D eigenvalue weighted by Gasteiger charge is 2.17. The highest BCUT2D eigenvalue weighted by atomic mass is 32.2. The minimum absolute atomic E-state index is 0.0975. The Morgan fingerprint density at radius 1 is 1.12 bits per heavy atom. The fourth-order valence-electron chi connectivity index (χ4n) is 2.62. The van der Waals surface area contributed by atoms with E-state index in [1.54, 1.807) is 19.1 Å². The third kappa shape index (κ3) is 8.01. The summed E-state index contributed by atoms with van der Waals surface area (Å²) in [6.07, 6.45) is 3.31. The molecule has 2 N–H and O–H groups in total.